The van der Waals surface area contributed by atoms with Crippen LogP contribution in [0.2, 0.25) is 0 Å². The SMILES string of the molecule is C[C@H]1[C@H]2[C@H](CN)CCC[C@@H]2O[C@@H]1C. The molecule has 1 aliphatic carbocycles. The van der Waals surface area contributed by atoms with Crippen LogP contribution in [0.5, 0.6) is 0 Å². The molecule has 2 aliphatic rings. The highest BCUT2D eigenvalue weighted by molar-refractivity contribution is 4.93. The maximum Gasteiger partial charge on any atom is 0.0613 e. The maximum absolute atomic E-state index is 5.95. The maximum atomic E-state index is 5.95. The molecule has 1 heterocycles. The Kier molecular flexibility index (Phi) is 2.61. The monoisotopic (exact) mass is 183 g/mol. The summed E-state index contributed by atoms with van der Waals surface area (Å²) >= 11 is 0. The molecule has 0 amide bonds. The Labute approximate surface area is 80.8 Å². The van der Waals surface area contributed by atoms with Crippen LogP contribution in [-0.4, -0.2) is 18.8 Å². The van der Waals surface area contributed by atoms with Crippen molar-refractivity contribution in [2.45, 2.75) is 45.3 Å². The highest BCUT2D eigenvalue weighted by Crippen LogP contribution is 2.44. The van der Waals surface area contributed by atoms with Crippen LogP contribution in [0.3, 0.4) is 0 Å². The van der Waals surface area contributed by atoms with Gasteiger partial charge in [0, 0.05) is 0 Å². The fraction of sp³-hybridized carbons (Fsp3) is 1.00. The van der Waals surface area contributed by atoms with Gasteiger partial charge in [-0.15, -0.1) is 0 Å². The van der Waals surface area contributed by atoms with E-state index in [1.807, 2.05) is 0 Å². The van der Waals surface area contributed by atoms with Gasteiger partial charge in [-0.25, -0.2) is 0 Å². The van der Waals surface area contributed by atoms with Crippen molar-refractivity contribution < 1.29 is 4.74 Å². The fourth-order valence-corrected chi connectivity index (χ4v) is 3.18. The van der Waals surface area contributed by atoms with E-state index in [2.05, 4.69) is 13.8 Å². The van der Waals surface area contributed by atoms with E-state index in [4.69, 9.17) is 10.5 Å². The van der Waals surface area contributed by atoms with Crippen molar-refractivity contribution in [1.29, 1.82) is 0 Å². The molecule has 2 N–H and O–H groups in total. The first-order valence-electron chi connectivity index (χ1n) is 5.59. The van der Waals surface area contributed by atoms with Gasteiger partial charge in [0.2, 0.25) is 0 Å². The Morgan fingerprint density at radius 2 is 2.08 bits per heavy atom. The minimum absolute atomic E-state index is 0.446. The summed E-state index contributed by atoms with van der Waals surface area (Å²) in [6.07, 6.45) is 4.85. The van der Waals surface area contributed by atoms with Gasteiger partial charge in [-0.1, -0.05) is 13.3 Å². The molecule has 2 nitrogen and oxygen atoms in total. The van der Waals surface area contributed by atoms with E-state index in [9.17, 15) is 0 Å². The Morgan fingerprint density at radius 3 is 2.77 bits per heavy atom. The molecule has 1 saturated carbocycles. The lowest BCUT2D eigenvalue weighted by Crippen LogP contribution is -2.36. The van der Waals surface area contributed by atoms with E-state index in [0.717, 1.165) is 18.4 Å². The van der Waals surface area contributed by atoms with Crippen LogP contribution in [0.25, 0.3) is 0 Å². The second-order valence-corrected chi connectivity index (χ2v) is 4.74. The third kappa shape index (κ3) is 1.50. The van der Waals surface area contributed by atoms with E-state index in [1.54, 1.807) is 0 Å². The Bertz CT molecular complexity index is 177. The number of hydrogen-bond donors (Lipinski definition) is 1. The molecule has 13 heavy (non-hydrogen) atoms. The van der Waals surface area contributed by atoms with E-state index >= 15 is 0 Å². The van der Waals surface area contributed by atoms with Crippen molar-refractivity contribution in [2.75, 3.05) is 6.54 Å². The lowest BCUT2D eigenvalue weighted by molar-refractivity contribution is 0.0138. The van der Waals surface area contributed by atoms with Crippen LogP contribution in [0.4, 0.5) is 0 Å². The lowest BCUT2D eigenvalue weighted by Gasteiger charge is -2.33. The number of rotatable bonds is 1. The van der Waals surface area contributed by atoms with Crippen LogP contribution >= 0.6 is 0 Å². The molecule has 0 bridgehead atoms. The molecule has 2 rings (SSSR count). The Hall–Kier alpha value is -0.0800. The number of ether oxygens (including phenoxy) is 1. The quantitative estimate of drug-likeness (QED) is 0.672. The van der Waals surface area contributed by atoms with Gasteiger partial charge in [0.25, 0.3) is 0 Å². The lowest BCUT2D eigenvalue weighted by atomic mass is 9.72. The van der Waals surface area contributed by atoms with Crippen molar-refractivity contribution in [1.82, 2.24) is 0 Å². The summed E-state index contributed by atoms with van der Waals surface area (Å²) in [5.74, 6) is 2.17. The van der Waals surface area contributed by atoms with Crippen molar-refractivity contribution >= 4 is 0 Å². The fourth-order valence-electron chi connectivity index (χ4n) is 3.18. The molecule has 0 spiro atoms. The molecule has 76 valence electrons. The van der Waals surface area contributed by atoms with Gasteiger partial charge in [-0.05, 0) is 44.1 Å². The van der Waals surface area contributed by atoms with Gasteiger partial charge >= 0.3 is 0 Å². The Morgan fingerprint density at radius 1 is 1.31 bits per heavy atom. The van der Waals surface area contributed by atoms with Crippen molar-refractivity contribution in [3.63, 3.8) is 0 Å². The standard InChI is InChI=1S/C11H21NO/c1-7-8(2)13-10-5-3-4-9(6-12)11(7)10/h7-11H,3-6,12H2,1-2H3/t7-,8-,9+,10+,11+/m1/s1. The molecular weight excluding hydrogens is 162 g/mol. The summed E-state index contributed by atoms with van der Waals surface area (Å²) < 4.78 is 5.95. The third-order valence-electron chi connectivity index (χ3n) is 4.08. The van der Waals surface area contributed by atoms with Gasteiger partial charge in [-0.3, -0.25) is 0 Å². The molecule has 1 aliphatic heterocycles. The number of fused-ring (bicyclic) bond motifs is 1. The summed E-state index contributed by atoms with van der Waals surface area (Å²) in [4.78, 5) is 0. The summed E-state index contributed by atoms with van der Waals surface area (Å²) in [6, 6.07) is 0. The molecule has 0 aromatic rings. The molecule has 0 radical (unpaired) electrons. The first-order valence-corrected chi connectivity index (χ1v) is 5.59. The summed E-state index contributed by atoms with van der Waals surface area (Å²) in [7, 11) is 0. The normalized spacial score (nSPS) is 50.5. The van der Waals surface area contributed by atoms with Crippen LogP contribution in [-0.2, 0) is 4.74 Å². The predicted molar refractivity (Wildman–Crippen MR) is 53.4 cm³/mol. The summed E-state index contributed by atoms with van der Waals surface area (Å²) in [6.45, 7) is 5.38. The topological polar surface area (TPSA) is 35.2 Å². The van der Waals surface area contributed by atoms with Crippen LogP contribution < -0.4 is 5.73 Å². The molecule has 1 saturated heterocycles. The van der Waals surface area contributed by atoms with E-state index in [-0.39, 0.29) is 0 Å². The molecule has 2 fully saturated rings. The van der Waals surface area contributed by atoms with Gasteiger partial charge in [-0.2, -0.15) is 0 Å². The van der Waals surface area contributed by atoms with Gasteiger partial charge in [0.15, 0.2) is 0 Å². The molecule has 0 unspecified atom stereocenters. The van der Waals surface area contributed by atoms with Crippen LogP contribution in [0.15, 0.2) is 0 Å². The molecule has 2 heteroatoms. The Balaban J connectivity index is 2.11. The first-order chi connectivity index (χ1) is 6.24. The molecule has 5 atom stereocenters. The smallest absolute Gasteiger partial charge is 0.0613 e. The first kappa shape index (κ1) is 9.47. The van der Waals surface area contributed by atoms with Crippen LogP contribution in [0.1, 0.15) is 33.1 Å². The van der Waals surface area contributed by atoms with Crippen molar-refractivity contribution in [2.24, 2.45) is 23.5 Å². The van der Waals surface area contributed by atoms with Crippen molar-refractivity contribution in [3.05, 3.63) is 0 Å². The summed E-state index contributed by atoms with van der Waals surface area (Å²) in [5.41, 5.74) is 5.81. The van der Waals surface area contributed by atoms with Crippen molar-refractivity contribution in [3.8, 4) is 0 Å². The zero-order chi connectivity index (χ0) is 9.42. The minimum atomic E-state index is 0.446. The zero-order valence-electron chi connectivity index (χ0n) is 8.70. The molecule has 0 aromatic heterocycles. The van der Waals surface area contributed by atoms with E-state index in [0.29, 0.717) is 18.1 Å². The highest BCUT2D eigenvalue weighted by Gasteiger charge is 2.44. The van der Waals surface area contributed by atoms with Gasteiger partial charge in [0.05, 0.1) is 12.2 Å². The number of hydrogen-bond acceptors (Lipinski definition) is 2. The molecule has 0 aromatic carbocycles. The molecular formula is C11H21NO. The van der Waals surface area contributed by atoms with Crippen LogP contribution in [0, 0.1) is 17.8 Å². The third-order valence-corrected chi connectivity index (χ3v) is 4.08. The second-order valence-electron chi connectivity index (χ2n) is 4.74. The zero-order valence-corrected chi connectivity index (χ0v) is 8.70. The average molecular weight is 183 g/mol. The minimum Gasteiger partial charge on any atom is -0.375 e. The summed E-state index contributed by atoms with van der Waals surface area (Å²) in [5, 5.41) is 0. The highest BCUT2D eigenvalue weighted by atomic mass is 16.5. The largest absolute Gasteiger partial charge is 0.375 e. The van der Waals surface area contributed by atoms with Gasteiger partial charge < -0.3 is 10.5 Å². The van der Waals surface area contributed by atoms with E-state index < -0.39 is 0 Å². The number of nitrogens with two attached hydrogens (primary N) is 1. The predicted octanol–water partition coefficient (Wildman–Crippen LogP) is 1.78. The second kappa shape index (κ2) is 3.58. The van der Waals surface area contributed by atoms with E-state index in [1.165, 1.54) is 19.3 Å². The average Bonchev–Trinajstić information content (AvgIpc) is 2.43. The van der Waals surface area contributed by atoms with Gasteiger partial charge in [0.1, 0.15) is 0 Å².